The number of carbonyl (C=O) groups excluding carboxylic acids is 1. The van der Waals surface area contributed by atoms with Crippen LogP contribution < -0.4 is 5.32 Å². The maximum atomic E-state index is 12.7. The molecule has 1 N–H and O–H groups in total. The van der Waals surface area contributed by atoms with Crippen LogP contribution in [0.5, 0.6) is 0 Å². The highest BCUT2D eigenvalue weighted by molar-refractivity contribution is 7.89. The average Bonchev–Trinajstić information content (AvgIpc) is 2.63. The molecule has 0 aromatic carbocycles. The molecule has 0 saturated heterocycles. The number of amides is 1. The smallest absolute Gasteiger partial charge is 0.246 e. The Morgan fingerprint density at radius 2 is 1.74 bits per heavy atom. The van der Waals surface area contributed by atoms with Crippen LogP contribution in [0.25, 0.3) is 0 Å². The third-order valence-electron chi connectivity index (χ3n) is 3.43. The van der Waals surface area contributed by atoms with Gasteiger partial charge in [-0.25, -0.2) is 8.42 Å². The first kappa shape index (κ1) is 19.6. The predicted octanol–water partition coefficient (Wildman–Crippen LogP) is 1.45. The molecule has 132 valence electrons. The van der Waals surface area contributed by atoms with Gasteiger partial charge in [0.1, 0.15) is 11.4 Å². The van der Waals surface area contributed by atoms with Gasteiger partial charge in [0.25, 0.3) is 0 Å². The van der Waals surface area contributed by atoms with Crippen molar-refractivity contribution in [1.82, 2.24) is 19.4 Å². The predicted molar refractivity (Wildman–Crippen MR) is 89.7 cm³/mol. The molecule has 1 amide bonds. The summed E-state index contributed by atoms with van der Waals surface area (Å²) in [6, 6.07) is 0. The van der Waals surface area contributed by atoms with Crippen molar-refractivity contribution in [3.05, 3.63) is 11.4 Å². The van der Waals surface area contributed by atoms with Crippen LogP contribution in [0, 0.1) is 13.8 Å². The second-order valence-corrected chi connectivity index (χ2v) is 8.42. The van der Waals surface area contributed by atoms with Crippen LogP contribution in [0.4, 0.5) is 0 Å². The summed E-state index contributed by atoms with van der Waals surface area (Å²) in [6.45, 7) is 13.4. The normalized spacial score (nSPS) is 12.7. The van der Waals surface area contributed by atoms with E-state index in [4.69, 9.17) is 0 Å². The summed E-state index contributed by atoms with van der Waals surface area (Å²) in [7, 11) is -3.59. The zero-order valence-corrected chi connectivity index (χ0v) is 15.9. The largest absolute Gasteiger partial charge is 0.350 e. The molecule has 1 heterocycles. The van der Waals surface area contributed by atoms with E-state index in [0.29, 0.717) is 24.5 Å². The van der Waals surface area contributed by atoms with Gasteiger partial charge in [0.15, 0.2) is 0 Å². The third kappa shape index (κ3) is 4.54. The number of rotatable bonds is 6. The summed E-state index contributed by atoms with van der Waals surface area (Å²) < 4.78 is 28.3. The van der Waals surface area contributed by atoms with Gasteiger partial charge in [0.2, 0.25) is 15.9 Å². The zero-order valence-electron chi connectivity index (χ0n) is 15.1. The molecule has 0 aliphatic heterocycles. The lowest BCUT2D eigenvalue weighted by atomic mass is 10.1. The summed E-state index contributed by atoms with van der Waals surface area (Å²) in [5.41, 5.74) is 0.556. The van der Waals surface area contributed by atoms with Gasteiger partial charge >= 0.3 is 0 Å². The molecule has 0 radical (unpaired) electrons. The van der Waals surface area contributed by atoms with Crippen molar-refractivity contribution >= 4 is 15.9 Å². The molecule has 0 aliphatic carbocycles. The van der Waals surface area contributed by atoms with Crippen molar-refractivity contribution in [1.29, 1.82) is 0 Å². The Morgan fingerprint density at radius 3 is 2.17 bits per heavy atom. The molecule has 0 saturated carbocycles. The van der Waals surface area contributed by atoms with E-state index in [-0.39, 0.29) is 22.9 Å². The molecular weight excluding hydrogens is 316 g/mol. The van der Waals surface area contributed by atoms with E-state index < -0.39 is 10.0 Å². The van der Waals surface area contributed by atoms with Crippen molar-refractivity contribution in [2.75, 3.05) is 13.1 Å². The first-order chi connectivity index (χ1) is 10.4. The van der Waals surface area contributed by atoms with E-state index in [1.807, 2.05) is 20.8 Å². The quantitative estimate of drug-likeness (QED) is 0.846. The van der Waals surface area contributed by atoms with Crippen molar-refractivity contribution in [3.63, 3.8) is 0 Å². The van der Waals surface area contributed by atoms with Crippen LogP contribution in [-0.2, 0) is 21.4 Å². The first-order valence-electron chi connectivity index (χ1n) is 7.79. The van der Waals surface area contributed by atoms with Gasteiger partial charge in [0.05, 0.1) is 11.4 Å². The molecule has 23 heavy (non-hydrogen) atoms. The average molecular weight is 344 g/mol. The Balaban J connectivity index is 3.17. The Labute approximate surface area is 139 Å². The number of carbonyl (C=O) groups is 1. The number of sulfonamides is 1. The lowest BCUT2D eigenvalue weighted by Gasteiger charge is -2.21. The SMILES string of the molecule is CCN(CC)S(=O)(=O)c1c(C)nn(CC(=O)NC(C)(C)C)c1C. The minimum absolute atomic E-state index is 0.00227. The molecule has 0 bridgehead atoms. The van der Waals surface area contributed by atoms with Gasteiger partial charge in [0, 0.05) is 18.6 Å². The van der Waals surface area contributed by atoms with E-state index >= 15 is 0 Å². The Kier molecular flexibility index (Phi) is 5.98. The van der Waals surface area contributed by atoms with Crippen molar-refractivity contribution in [3.8, 4) is 0 Å². The van der Waals surface area contributed by atoms with Crippen molar-refractivity contribution in [2.45, 2.75) is 65.4 Å². The summed E-state index contributed by atoms with van der Waals surface area (Å²) >= 11 is 0. The maximum absolute atomic E-state index is 12.7. The Hall–Kier alpha value is -1.41. The van der Waals surface area contributed by atoms with Crippen LogP contribution in [0.3, 0.4) is 0 Å². The summed E-state index contributed by atoms with van der Waals surface area (Å²) in [6.07, 6.45) is 0. The molecule has 0 atom stereocenters. The molecule has 1 rings (SSSR count). The van der Waals surface area contributed by atoms with E-state index in [9.17, 15) is 13.2 Å². The van der Waals surface area contributed by atoms with Crippen LogP contribution in [0.15, 0.2) is 4.90 Å². The second kappa shape index (κ2) is 7.00. The summed E-state index contributed by atoms with van der Waals surface area (Å²) in [5.74, 6) is -0.199. The zero-order chi connectivity index (χ0) is 18.0. The van der Waals surface area contributed by atoms with Gasteiger partial charge in [-0.1, -0.05) is 13.8 Å². The molecule has 0 unspecified atom stereocenters. The van der Waals surface area contributed by atoms with Gasteiger partial charge < -0.3 is 5.32 Å². The van der Waals surface area contributed by atoms with Gasteiger partial charge in [-0.3, -0.25) is 9.48 Å². The highest BCUT2D eigenvalue weighted by Gasteiger charge is 2.29. The van der Waals surface area contributed by atoms with Crippen LogP contribution in [-0.4, -0.2) is 47.0 Å². The molecule has 0 aliphatic rings. The number of nitrogens with zero attached hydrogens (tertiary/aromatic N) is 3. The van der Waals surface area contributed by atoms with E-state index in [2.05, 4.69) is 10.4 Å². The standard InChI is InChI=1S/C15H28N4O3S/c1-8-18(9-2)23(21,22)14-11(3)17-19(12(14)4)10-13(20)16-15(5,6)7/h8-10H2,1-7H3,(H,16,20). The fraction of sp³-hybridized carbons (Fsp3) is 0.733. The molecule has 1 aromatic rings. The van der Waals surface area contributed by atoms with E-state index in [0.717, 1.165) is 0 Å². The fourth-order valence-corrected chi connectivity index (χ4v) is 4.33. The fourth-order valence-electron chi connectivity index (χ4n) is 2.49. The molecule has 0 spiro atoms. The number of aryl methyl sites for hydroxylation is 1. The topological polar surface area (TPSA) is 84.3 Å². The third-order valence-corrected chi connectivity index (χ3v) is 5.73. The number of nitrogens with one attached hydrogen (secondary N) is 1. The second-order valence-electron chi connectivity index (χ2n) is 6.55. The molecule has 1 aromatic heterocycles. The molecule has 7 nitrogen and oxygen atoms in total. The van der Waals surface area contributed by atoms with Gasteiger partial charge in [-0.05, 0) is 34.6 Å². The van der Waals surface area contributed by atoms with Crippen LogP contribution >= 0.6 is 0 Å². The Bertz CT molecular complexity index is 668. The number of aromatic nitrogens is 2. The van der Waals surface area contributed by atoms with Crippen molar-refractivity contribution in [2.24, 2.45) is 0 Å². The Morgan fingerprint density at radius 1 is 1.22 bits per heavy atom. The lowest BCUT2D eigenvalue weighted by molar-refractivity contribution is -0.123. The highest BCUT2D eigenvalue weighted by Crippen LogP contribution is 2.23. The highest BCUT2D eigenvalue weighted by atomic mass is 32.2. The van der Waals surface area contributed by atoms with E-state index in [1.165, 1.54) is 8.99 Å². The first-order valence-corrected chi connectivity index (χ1v) is 9.23. The van der Waals surface area contributed by atoms with Crippen molar-refractivity contribution < 1.29 is 13.2 Å². The minimum atomic E-state index is -3.59. The van der Waals surface area contributed by atoms with Gasteiger partial charge in [-0.2, -0.15) is 9.40 Å². The molecular formula is C15H28N4O3S. The van der Waals surface area contributed by atoms with Crippen LogP contribution in [0.1, 0.15) is 46.0 Å². The minimum Gasteiger partial charge on any atom is -0.350 e. The lowest BCUT2D eigenvalue weighted by Crippen LogP contribution is -2.42. The summed E-state index contributed by atoms with van der Waals surface area (Å²) in [5, 5.41) is 7.10. The van der Waals surface area contributed by atoms with Gasteiger partial charge in [-0.15, -0.1) is 0 Å². The van der Waals surface area contributed by atoms with Crippen LogP contribution in [0.2, 0.25) is 0 Å². The van der Waals surface area contributed by atoms with E-state index in [1.54, 1.807) is 27.7 Å². The molecule has 0 fully saturated rings. The molecule has 8 heteroatoms. The maximum Gasteiger partial charge on any atom is 0.246 e. The number of hydrogen-bond donors (Lipinski definition) is 1. The number of hydrogen-bond acceptors (Lipinski definition) is 4. The summed E-state index contributed by atoms with van der Waals surface area (Å²) in [4.78, 5) is 12.3. The monoisotopic (exact) mass is 344 g/mol.